The van der Waals surface area contributed by atoms with Crippen LogP contribution in [-0.4, -0.2) is 14.8 Å². The minimum absolute atomic E-state index is 0.0958. The normalized spacial score (nSPS) is 18.2. The van der Waals surface area contributed by atoms with Crippen molar-refractivity contribution in [1.82, 2.24) is 4.49 Å². The van der Waals surface area contributed by atoms with Crippen molar-refractivity contribution in [1.29, 1.82) is 0 Å². The molecular formula is CHF5NO4PS. The zero-order valence-electron chi connectivity index (χ0n) is 5.38. The number of hydrogen-bond donors (Lipinski definition) is 1. The van der Waals surface area contributed by atoms with Gasteiger partial charge in [0, 0.05) is 0 Å². The molecule has 1 atom stereocenters. The second kappa shape index (κ2) is 3.48. The van der Waals surface area contributed by atoms with E-state index >= 15 is 0 Å². The number of nitrogens with one attached hydrogen (secondary N) is 1. The lowest BCUT2D eigenvalue weighted by atomic mass is 11.4. The summed E-state index contributed by atoms with van der Waals surface area (Å²) in [4.78, 5) is 0. The minimum Gasteiger partial charge on any atom is -0.235 e. The summed E-state index contributed by atoms with van der Waals surface area (Å²) < 4.78 is 87.8. The highest BCUT2D eigenvalue weighted by molar-refractivity contribution is 7.90. The zero-order valence-corrected chi connectivity index (χ0v) is 7.09. The van der Waals surface area contributed by atoms with Gasteiger partial charge in [0.05, 0.1) is 0 Å². The Labute approximate surface area is 68.8 Å². The van der Waals surface area contributed by atoms with Crippen molar-refractivity contribution >= 4 is 18.2 Å². The van der Waals surface area contributed by atoms with Gasteiger partial charge >= 0.3 is 24.6 Å². The molecule has 13 heavy (non-hydrogen) atoms. The summed E-state index contributed by atoms with van der Waals surface area (Å²) >= 11 is 0. The third-order valence-corrected chi connectivity index (χ3v) is 2.63. The van der Waals surface area contributed by atoms with Gasteiger partial charge in [-0.05, 0) is 0 Å². The maximum absolute atomic E-state index is 12.0. The van der Waals surface area contributed by atoms with E-state index < -0.39 is 24.6 Å². The molecule has 1 unspecified atom stereocenters. The van der Waals surface area contributed by atoms with Gasteiger partial charge in [0.1, 0.15) is 0 Å². The monoisotopic (exact) mass is 249 g/mol. The second-order valence-corrected chi connectivity index (χ2v) is 4.29. The fourth-order valence-electron chi connectivity index (χ4n) is 0.282. The van der Waals surface area contributed by atoms with Crippen LogP contribution in [0, 0.1) is 0 Å². The molecule has 0 aliphatic heterocycles. The van der Waals surface area contributed by atoms with E-state index in [1.807, 2.05) is 0 Å². The molecule has 0 rings (SSSR count). The van der Waals surface area contributed by atoms with E-state index in [2.05, 4.69) is 4.52 Å². The van der Waals surface area contributed by atoms with Crippen LogP contribution in [0.1, 0.15) is 0 Å². The van der Waals surface area contributed by atoms with Crippen LogP contribution in [0.2, 0.25) is 0 Å². The van der Waals surface area contributed by atoms with Crippen molar-refractivity contribution in [3.8, 4) is 0 Å². The van der Waals surface area contributed by atoms with Gasteiger partial charge in [0.15, 0.2) is 0 Å². The van der Waals surface area contributed by atoms with E-state index in [1.54, 1.807) is 0 Å². The van der Waals surface area contributed by atoms with Crippen molar-refractivity contribution in [2.24, 2.45) is 0 Å². The highest BCUT2D eigenvalue weighted by Crippen LogP contribution is 2.50. The molecule has 0 aliphatic rings. The third-order valence-electron chi connectivity index (χ3n) is 0.439. The topological polar surface area (TPSA) is 72.5 Å². The lowest BCUT2D eigenvalue weighted by molar-refractivity contribution is -0.276. The van der Waals surface area contributed by atoms with Crippen molar-refractivity contribution in [3.05, 3.63) is 0 Å². The maximum atomic E-state index is 12.0. The van der Waals surface area contributed by atoms with Gasteiger partial charge in [-0.15, -0.1) is 17.4 Å². The summed E-state index contributed by atoms with van der Waals surface area (Å²) in [5, 5.41) is 0. The number of rotatable bonds is 3. The average Bonchev–Trinajstić information content (AvgIpc) is 1.43. The molecule has 0 spiro atoms. The molecule has 0 bridgehead atoms. The van der Waals surface area contributed by atoms with Crippen molar-refractivity contribution in [3.63, 3.8) is 0 Å². The molecule has 0 radical (unpaired) electrons. The molecule has 0 fully saturated rings. The van der Waals surface area contributed by atoms with Gasteiger partial charge in [-0.2, -0.15) is 12.9 Å². The zero-order chi connectivity index (χ0) is 10.9. The molecule has 0 aromatic heterocycles. The molecule has 0 aromatic rings. The summed E-state index contributed by atoms with van der Waals surface area (Å²) in [5.41, 5.74) is 0. The Morgan fingerprint density at radius 3 is 1.92 bits per heavy atom. The molecule has 0 heterocycles. The average molecular weight is 249 g/mol. The Morgan fingerprint density at radius 1 is 1.31 bits per heavy atom. The van der Waals surface area contributed by atoms with Crippen LogP contribution in [0.4, 0.5) is 21.3 Å². The van der Waals surface area contributed by atoms with E-state index in [0.29, 0.717) is 0 Å². The fraction of sp³-hybridized carbons (Fsp3) is 1.00. The number of alkyl halides is 3. The van der Waals surface area contributed by atoms with Gasteiger partial charge in [0.2, 0.25) is 0 Å². The number of hydrogen-bond acceptors (Lipinski definition) is 4. The predicted molar refractivity (Wildman–Crippen MR) is 29.0 cm³/mol. The first kappa shape index (κ1) is 12.8. The lowest BCUT2D eigenvalue weighted by Crippen LogP contribution is -2.20. The SMILES string of the molecule is O=P(F)(NS(=O)(=O)F)OC(F)(F)F. The van der Waals surface area contributed by atoms with E-state index in [9.17, 15) is 34.2 Å². The van der Waals surface area contributed by atoms with Crippen LogP contribution in [0.25, 0.3) is 0 Å². The summed E-state index contributed by atoms with van der Waals surface area (Å²) in [6.45, 7) is 0. The van der Waals surface area contributed by atoms with Crippen molar-refractivity contribution < 1.29 is 38.8 Å². The van der Waals surface area contributed by atoms with Gasteiger partial charge in [-0.25, -0.2) is 4.57 Å². The Morgan fingerprint density at radius 2 is 1.69 bits per heavy atom. The molecule has 1 N–H and O–H groups in total. The Balaban J connectivity index is 4.54. The van der Waals surface area contributed by atoms with Crippen molar-refractivity contribution in [2.45, 2.75) is 6.36 Å². The summed E-state index contributed by atoms with van der Waals surface area (Å²) in [6, 6.07) is 0. The highest BCUT2D eigenvalue weighted by atomic mass is 32.3. The van der Waals surface area contributed by atoms with E-state index in [-0.39, 0.29) is 4.49 Å². The maximum Gasteiger partial charge on any atom is 0.530 e. The molecule has 5 nitrogen and oxygen atoms in total. The van der Waals surface area contributed by atoms with Crippen LogP contribution in [-0.2, 0) is 19.5 Å². The Hall–Kier alpha value is -0.250. The van der Waals surface area contributed by atoms with E-state index in [4.69, 9.17) is 0 Å². The Bertz CT molecular complexity index is 320. The van der Waals surface area contributed by atoms with E-state index in [1.165, 1.54) is 0 Å². The first-order valence-electron chi connectivity index (χ1n) is 2.22. The van der Waals surface area contributed by atoms with Crippen LogP contribution in [0.3, 0.4) is 0 Å². The largest absolute Gasteiger partial charge is 0.530 e. The third kappa shape index (κ3) is 8.09. The summed E-state index contributed by atoms with van der Waals surface area (Å²) in [7, 11) is -12.1. The summed E-state index contributed by atoms with van der Waals surface area (Å²) in [6.07, 6.45) is -5.68. The molecule has 0 aliphatic carbocycles. The smallest absolute Gasteiger partial charge is 0.235 e. The van der Waals surface area contributed by atoms with Crippen LogP contribution < -0.4 is 4.49 Å². The van der Waals surface area contributed by atoms with Crippen LogP contribution in [0.5, 0.6) is 0 Å². The van der Waals surface area contributed by atoms with Crippen molar-refractivity contribution in [2.75, 3.05) is 0 Å². The molecule has 80 valence electrons. The molecule has 0 saturated carbocycles. The second-order valence-electron chi connectivity index (χ2n) is 1.55. The first-order chi connectivity index (χ1) is 5.41. The molecule has 0 aromatic carbocycles. The predicted octanol–water partition coefficient (Wildman–Crippen LogP) is 1.40. The lowest BCUT2D eigenvalue weighted by Gasteiger charge is -2.09. The summed E-state index contributed by atoms with van der Waals surface area (Å²) in [5.74, 6) is 0. The quantitative estimate of drug-likeness (QED) is 0.466. The molecule has 12 heteroatoms. The minimum atomic E-state index is -6.27. The molecule has 0 saturated heterocycles. The first-order valence-corrected chi connectivity index (χ1v) is 5.12. The molecule has 0 amide bonds. The highest BCUT2D eigenvalue weighted by Gasteiger charge is 2.43. The van der Waals surface area contributed by atoms with Crippen LogP contribution in [0.15, 0.2) is 0 Å². The van der Waals surface area contributed by atoms with Gasteiger partial charge in [-0.3, -0.25) is 0 Å². The van der Waals surface area contributed by atoms with Gasteiger partial charge in [0.25, 0.3) is 0 Å². The fourth-order valence-corrected chi connectivity index (χ4v) is 1.74. The van der Waals surface area contributed by atoms with Gasteiger partial charge in [-0.1, -0.05) is 8.38 Å². The standard InChI is InChI=1S/CHF5NO4PS/c2-1(3,4)11-12(5,8)7-13(6,9)10/h(H,7,8). The molecular weight excluding hydrogens is 248 g/mol. The number of halogens is 5. The Kier molecular flexibility index (Phi) is 3.41. The van der Waals surface area contributed by atoms with E-state index in [0.717, 1.165) is 0 Å². The van der Waals surface area contributed by atoms with Gasteiger partial charge < -0.3 is 0 Å². The van der Waals surface area contributed by atoms with Crippen LogP contribution >= 0.6 is 7.83 Å².